The molecule has 2 N–H and O–H groups in total. The Labute approximate surface area is 306 Å². The minimum absolute atomic E-state index is 0.227. The molecule has 0 spiro atoms. The third-order valence-corrected chi connectivity index (χ3v) is 10.1. The Kier molecular flexibility index (Phi) is 11.6. The van der Waals surface area contributed by atoms with Crippen LogP contribution in [0, 0.1) is 0 Å². The molecule has 0 saturated carbocycles. The molecular formula is C45H47NO6. The summed E-state index contributed by atoms with van der Waals surface area (Å²) in [5, 5.41) is 23.4. The fraction of sp³-hybridized carbons (Fsp3) is 0.289. The summed E-state index contributed by atoms with van der Waals surface area (Å²) in [5.74, 6) is 0. The largest absolute Gasteiger partial charge is 0.393 e. The minimum Gasteiger partial charge on any atom is -0.393 e. The molecule has 1 saturated heterocycles. The Hall–Kier alpha value is -4.60. The van der Waals surface area contributed by atoms with E-state index in [2.05, 4.69) is 54.1 Å². The SMILES string of the molecule is CCc1ccc(Cc2cn(C3OC(CO)(CO)C(OCc4ccccc4)C(OCc4ccccc4)C3OCc3ccccc3)c3ccccc23)cc1. The van der Waals surface area contributed by atoms with Gasteiger partial charge in [0.1, 0.15) is 23.9 Å². The molecule has 5 aromatic carbocycles. The van der Waals surface area contributed by atoms with E-state index in [1.807, 2.05) is 103 Å². The second-order valence-electron chi connectivity index (χ2n) is 13.6. The lowest BCUT2D eigenvalue weighted by Gasteiger charge is -2.52. The van der Waals surface area contributed by atoms with Gasteiger partial charge in [-0.15, -0.1) is 0 Å². The zero-order valence-corrected chi connectivity index (χ0v) is 29.6. The van der Waals surface area contributed by atoms with Gasteiger partial charge in [0.25, 0.3) is 0 Å². The Morgan fingerprint density at radius 3 is 1.63 bits per heavy atom. The number of hydrogen-bond donors (Lipinski definition) is 2. The van der Waals surface area contributed by atoms with Crippen molar-refractivity contribution in [3.63, 3.8) is 0 Å². The van der Waals surface area contributed by atoms with Gasteiger partial charge in [0.2, 0.25) is 0 Å². The second kappa shape index (κ2) is 16.8. The van der Waals surface area contributed by atoms with Gasteiger partial charge in [-0.25, -0.2) is 0 Å². The molecule has 7 rings (SSSR count). The fourth-order valence-electron chi connectivity index (χ4n) is 7.17. The number of aliphatic hydroxyl groups excluding tert-OH is 2. The van der Waals surface area contributed by atoms with Crippen molar-refractivity contribution in [1.29, 1.82) is 0 Å². The summed E-state index contributed by atoms with van der Waals surface area (Å²) in [6.45, 7) is 1.97. The van der Waals surface area contributed by atoms with Gasteiger partial charge in [-0.2, -0.15) is 0 Å². The first-order valence-electron chi connectivity index (χ1n) is 18.1. The van der Waals surface area contributed by atoms with E-state index in [1.54, 1.807) is 0 Å². The molecule has 4 atom stereocenters. The quantitative estimate of drug-likeness (QED) is 0.114. The summed E-state index contributed by atoms with van der Waals surface area (Å²) in [6.07, 6.45) is 0.704. The summed E-state index contributed by atoms with van der Waals surface area (Å²) in [5.41, 5.74) is 6.01. The molecule has 1 aliphatic rings. The van der Waals surface area contributed by atoms with Crippen molar-refractivity contribution in [1.82, 2.24) is 4.57 Å². The van der Waals surface area contributed by atoms with Crippen LogP contribution in [0.25, 0.3) is 10.9 Å². The van der Waals surface area contributed by atoms with Crippen molar-refractivity contribution in [3.8, 4) is 0 Å². The van der Waals surface area contributed by atoms with Crippen LogP contribution in [0.3, 0.4) is 0 Å². The van der Waals surface area contributed by atoms with Crippen molar-refractivity contribution >= 4 is 10.9 Å². The van der Waals surface area contributed by atoms with Crippen molar-refractivity contribution in [3.05, 3.63) is 179 Å². The number of hydrogen-bond acceptors (Lipinski definition) is 6. The van der Waals surface area contributed by atoms with E-state index in [0.29, 0.717) is 6.61 Å². The van der Waals surface area contributed by atoms with Gasteiger partial charge < -0.3 is 33.7 Å². The maximum atomic E-state index is 11.2. The molecule has 4 unspecified atom stereocenters. The maximum Gasteiger partial charge on any atom is 0.164 e. The zero-order valence-electron chi connectivity index (χ0n) is 29.6. The Bertz CT molecular complexity index is 1980. The highest BCUT2D eigenvalue weighted by Gasteiger charge is 2.57. The number of aryl methyl sites for hydroxylation is 1. The third-order valence-electron chi connectivity index (χ3n) is 10.1. The molecule has 7 heteroatoms. The molecule has 0 bridgehead atoms. The van der Waals surface area contributed by atoms with Gasteiger partial charge in [0.05, 0.1) is 38.6 Å². The van der Waals surface area contributed by atoms with Gasteiger partial charge in [-0.05, 0) is 52.3 Å². The summed E-state index contributed by atoms with van der Waals surface area (Å²) in [7, 11) is 0. The number of rotatable bonds is 15. The van der Waals surface area contributed by atoms with Crippen molar-refractivity contribution in [2.24, 2.45) is 0 Å². The molecule has 1 aliphatic heterocycles. The normalized spacial score (nSPS) is 19.9. The van der Waals surface area contributed by atoms with E-state index in [-0.39, 0.29) is 13.2 Å². The Morgan fingerprint density at radius 1 is 0.577 bits per heavy atom. The fourth-order valence-corrected chi connectivity index (χ4v) is 7.17. The van der Waals surface area contributed by atoms with Gasteiger partial charge in [-0.3, -0.25) is 0 Å². The number of nitrogens with zero attached hydrogens (tertiary/aromatic N) is 1. The van der Waals surface area contributed by atoms with Crippen LogP contribution in [0.15, 0.2) is 146 Å². The molecular weight excluding hydrogens is 650 g/mol. The lowest BCUT2D eigenvalue weighted by Crippen LogP contribution is -2.67. The molecule has 52 heavy (non-hydrogen) atoms. The molecule has 0 amide bonds. The lowest BCUT2D eigenvalue weighted by molar-refractivity contribution is -0.331. The van der Waals surface area contributed by atoms with E-state index in [0.717, 1.165) is 46.0 Å². The van der Waals surface area contributed by atoms with E-state index in [1.165, 1.54) is 11.1 Å². The predicted molar refractivity (Wildman–Crippen MR) is 203 cm³/mol. The van der Waals surface area contributed by atoms with Crippen molar-refractivity contribution < 1.29 is 29.2 Å². The van der Waals surface area contributed by atoms with Crippen LogP contribution in [-0.4, -0.2) is 51.9 Å². The second-order valence-corrected chi connectivity index (χ2v) is 13.6. The van der Waals surface area contributed by atoms with Crippen LogP contribution in [0.5, 0.6) is 0 Å². The monoisotopic (exact) mass is 697 g/mol. The van der Waals surface area contributed by atoms with Crippen LogP contribution in [0.4, 0.5) is 0 Å². The van der Waals surface area contributed by atoms with Gasteiger partial charge >= 0.3 is 0 Å². The molecule has 1 aromatic heterocycles. The molecule has 1 fully saturated rings. The van der Waals surface area contributed by atoms with E-state index in [9.17, 15) is 10.2 Å². The summed E-state index contributed by atoms with van der Waals surface area (Å²) >= 11 is 0. The van der Waals surface area contributed by atoms with Gasteiger partial charge in [-0.1, -0.05) is 140 Å². The average molecular weight is 698 g/mol. The predicted octanol–water partition coefficient (Wildman–Crippen LogP) is 7.80. The highest BCUT2D eigenvalue weighted by atomic mass is 16.6. The van der Waals surface area contributed by atoms with Crippen LogP contribution >= 0.6 is 0 Å². The first-order valence-corrected chi connectivity index (χ1v) is 18.1. The average Bonchev–Trinajstić information content (AvgIpc) is 3.57. The first kappa shape index (κ1) is 35.8. The number of ether oxygens (including phenoxy) is 4. The smallest absolute Gasteiger partial charge is 0.164 e. The number of aromatic nitrogens is 1. The number of benzene rings is 5. The molecule has 0 radical (unpaired) electrons. The van der Waals surface area contributed by atoms with E-state index < -0.39 is 43.4 Å². The number of aliphatic hydroxyl groups is 2. The number of para-hydroxylation sites is 1. The third kappa shape index (κ3) is 7.91. The maximum absolute atomic E-state index is 11.2. The highest BCUT2D eigenvalue weighted by molar-refractivity contribution is 5.84. The summed E-state index contributed by atoms with van der Waals surface area (Å²) in [6, 6.07) is 46.9. The van der Waals surface area contributed by atoms with Crippen LogP contribution in [0.2, 0.25) is 0 Å². The van der Waals surface area contributed by atoms with E-state index in [4.69, 9.17) is 18.9 Å². The van der Waals surface area contributed by atoms with Crippen molar-refractivity contribution in [2.75, 3.05) is 13.2 Å². The summed E-state index contributed by atoms with van der Waals surface area (Å²) < 4.78 is 29.5. The zero-order chi connectivity index (χ0) is 35.8. The lowest BCUT2D eigenvalue weighted by atomic mass is 9.86. The Morgan fingerprint density at radius 2 is 1.08 bits per heavy atom. The molecule has 268 valence electrons. The molecule has 7 nitrogen and oxygen atoms in total. The van der Waals surface area contributed by atoms with Crippen LogP contribution < -0.4 is 0 Å². The number of fused-ring (bicyclic) bond motifs is 1. The standard InChI is InChI=1S/C45H47NO6/c1-2-33-22-24-34(25-23-33)26-38-27-46(40-21-13-12-20-39(38)40)44-42(50-29-36-16-8-4-9-17-36)41(49-28-35-14-6-3-7-15-35)43(45(31-47,32-48)52-44)51-30-37-18-10-5-11-19-37/h3-25,27,41-44,47-48H,2,26,28-32H2,1H3. The molecule has 0 aliphatic carbocycles. The summed E-state index contributed by atoms with van der Waals surface area (Å²) in [4.78, 5) is 0. The van der Waals surface area contributed by atoms with Crippen LogP contribution in [-0.2, 0) is 51.6 Å². The molecule has 6 aromatic rings. The minimum atomic E-state index is -1.52. The Balaban J connectivity index is 1.33. The van der Waals surface area contributed by atoms with Crippen molar-refractivity contribution in [2.45, 2.75) is 69.7 Å². The van der Waals surface area contributed by atoms with Gasteiger partial charge in [0.15, 0.2) is 6.23 Å². The van der Waals surface area contributed by atoms with Crippen LogP contribution in [0.1, 0.15) is 46.5 Å². The van der Waals surface area contributed by atoms with Gasteiger partial charge in [0, 0.05) is 11.6 Å². The van der Waals surface area contributed by atoms with E-state index >= 15 is 0 Å². The topological polar surface area (TPSA) is 82.3 Å². The highest BCUT2D eigenvalue weighted by Crippen LogP contribution is 2.43. The molecule has 2 heterocycles. The first-order chi connectivity index (χ1) is 25.6.